The third-order valence-corrected chi connectivity index (χ3v) is 3.00. The van der Waals surface area contributed by atoms with Crippen molar-refractivity contribution in [2.24, 2.45) is 0 Å². The maximum Gasteiger partial charge on any atom is 0.316 e. The molecule has 2 N–H and O–H groups in total. The quantitative estimate of drug-likeness (QED) is 0.822. The smallest absolute Gasteiger partial charge is 0.316 e. The van der Waals surface area contributed by atoms with Gasteiger partial charge in [-0.05, 0) is 19.1 Å². The second kappa shape index (κ2) is 6.17. The number of rotatable bonds is 5. The molecule has 0 spiro atoms. The number of carbonyl (C=O) groups is 2. The zero-order chi connectivity index (χ0) is 12.0. The third-order valence-electron chi connectivity index (χ3n) is 1.87. The molecule has 1 unspecified atom stereocenters. The summed E-state index contributed by atoms with van der Waals surface area (Å²) in [6.45, 7) is 1.56. The monoisotopic (exact) mass is 239 g/mol. The van der Waals surface area contributed by atoms with Crippen LogP contribution >= 0.6 is 11.8 Å². The summed E-state index contributed by atoms with van der Waals surface area (Å²) in [6.07, 6.45) is 0. The van der Waals surface area contributed by atoms with E-state index in [1.807, 2.05) is 18.2 Å². The van der Waals surface area contributed by atoms with Crippen LogP contribution in [0.25, 0.3) is 0 Å². The van der Waals surface area contributed by atoms with E-state index in [2.05, 4.69) is 5.32 Å². The van der Waals surface area contributed by atoms with Crippen molar-refractivity contribution in [3.63, 3.8) is 0 Å². The van der Waals surface area contributed by atoms with Gasteiger partial charge in [-0.2, -0.15) is 0 Å². The first-order valence-corrected chi connectivity index (χ1v) is 5.84. The van der Waals surface area contributed by atoms with Gasteiger partial charge in [0.25, 0.3) is 0 Å². The molecule has 1 atom stereocenters. The van der Waals surface area contributed by atoms with E-state index in [4.69, 9.17) is 5.11 Å². The molecular weight excluding hydrogens is 226 g/mol. The summed E-state index contributed by atoms with van der Waals surface area (Å²) in [5.41, 5.74) is 0.719. The van der Waals surface area contributed by atoms with Crippen molar-refractivity contribution in [2.75, 3.05) is 11.1 Å². The van der Waals surface area contributed by atoms with E-state index in [-0.39, 0.29) is 11.7 Å². The predicted octanol–water partition coefficient (Wildman–Crippen LogP) is 1.83. The number of hydrogen-bond acceptors (Lipinski definition) is 3. The lowest BCUT2D eigenvalue weighted by Gasteiger charge is -2.06. The summed E-state index contributed by atoms with van der Waals surface area (Å²) in [5, 5.41) is 10.7. The van der Waals surface area contributed by atoms with Crippen molar-refractivity contribution in [1.29, 1.82) is 0 Å². The molecule has 0 aliphatic heterocycles. The van der Waals surface area contributed by atoms with Gasteiger partial charge >= 0.3 is 5.97 Å². The largest absolute Gasteiger partial charge is 0.480 e. The van der Waals surface area contributed by atoms with Gasteiger partial charge in [0.15, 0.2) is 0 Å². The van der Waals surface area contributed by atoms with Gasteiger partial charge in [-0.1, -0.05) is 18.2 Å². The number of nitrogens with one attached hydrogen (secondary N) is 1. The minimum Gasteiger partial charge on any atom is -0.480 e. The standard InChI is InChI=1S/C11H13NO3S/c1-8(11(14)15)16-7-10(13)12-9-5-3-2-4-6-9/h2-6,8H,7H2,1H3,(H,12,13)(H,14,15). The van der Waals surface area contributed by atoms with Gasteiger partial charge < -0.3 is 10.4 Å². The Balaban J connectivity index is 2.35. The second-order valence-electron chi connectivity index (χ2n) is 3.21. The minimum absolute atomic E-state index is 0.141. The van der Waals surface area contributed by atoms with Gasteiger partial charge in [0.2, 0.25) is 5.91 Å². The lowest BCUT2D eigenvalue weighted by atomic mass is 10.3. The van der Waals surface area contributed by atoms with Gasteiger partial charge in [0.05, 0.1) is 11.0 Å². The maximum atomic E-state index is 11.4. The molecule has 86 valence electrons. The topological polar surface area (TPSA) is 66.4 Å². The molecule has 1 rings (SSSR count). The number of para-hydroxylation sites is 1. The number of anilines is 1. The highest BCUT2D eigenvalue weighted by atomic mass is 32.2. The van der Waals surface area contributed by atoms with Crippen molar-refractivity contribution < 1.29 is 14.7 Å². The van der Waals surface area contributed by atoms with Crippen LogP contribution < -0.4 is 5.32 Å². The van der Waals surface area contributed by atoms with E-state index < -0.39 is 11.2 Å². The number of amides is 1. The zero-order valence-corrected chi connectivity index (χ0v) is 9.66. The molecule has 0 aliphatic carbocycles. The van der Waals surface area contributed by atoms with Crippen molar-refractivity contribution in [3.05, 3.63) is 30.3 Å². The number of carbonyl (C=O) groups excluding carboxylic acids is 1. The van der Waals surface area contributed by atoms with Crippen molar-refractivity contribution in [2.45, 2.75) is 12.2 Å². The molecule has 0 radical (unpaired) electrons. The highest BCUT2D eigenvalue weighted by molar-refractivity contribution is 8.01. The van der Waals surface area contributed by atoms with Crippen LogP contribution in [0, 0.1) is 0 Å². The average molecular weight is 239 g/mol. The lowest BCUT2D eigenvalue weighted by molar-refractivity contribution is -0.136. The normalized spacial score (nSPS) is 11.8. The molecule has 1 aromatic carbocycles. The molecule has 0 aliphatic rings. The van der Waals surface area contributed by atoms with Crippen LogP contribution in [0.1, 0.15) is 6.92 Å². The molecule has 0 bridgehead atoms. The van der Waals surface area contributed by atoms with Crippen molar-refractivity contribution in [3.8, 4) is 0 Å². The zero-order valence-electron chi connectivity index (χ0n) is 8.84. The molecule has 0 fully saturated rings. The van der Waals surface area contributed by atoms with Gasteiger partial charge in [0, 0.05) is 5.69 Å². The summed E-state index contributed by atoms with van der Waals surface area (Å²) in [7, 11) is 0. The number of carboxylic acid groups (broad SMARTS) is 1. The van der Waals surface area contributed by atoms with Crippen LogP contribution in [0.5, 0.6) is 0 Å². The van der Waals surface area contributed by atoms with Gasteiger partial charge in [-0.25, -0.2) is 0 Å². The van der Waals surface area contributed by atoms with E-state index in [0.29, 0.717) is 0 Å². The summed E-state index contributed by atoms with van der Waals surface area (Å²) < 4.78 is 0. The molecule has 0 saturated heterocycles. The fourth-order valence-corrected chi connectivity index (χ4v) is 1.61. The first-order chi connectivity index (χ1) is 7.59. The van der Waals surface area contributed by atoms with Crippen LogP contribution in [0.4, 0.5) is 5.69 Å². The number of hydrogen-bond donors (Lipinski definition) is 2. The molecule has 4 nitrogen and oxygen atoms in total. The van der Waals surface area contributed by atoms with Crippen molar-refractivity contribution >= 4 is 29.3 Å². The summed E-state index contributed by atoms with van der Waals surface area (Å²) in [5.74, 6) is -0.954. The average Bonchev–Trinajstić information content (AvgIpc) is 2.27. The Morgan fingerprint density at radius 1 is 1.38 bits per heavy atom. The van der Waals surface area contributed by atoms with Gasteiger partial charge in [-0.15, -0.1) is 11.8 Å². The van der Waals surface area contributed by atoms with Crippen molar-refractivity contribution in [1.82, 2.24) is 0 Å². The van der Waals surface area contributed by atoms with E-state index >= 15 is 0 Å². The first-order valence-electron chi connectivity index (χ1n) is 4.79. The van der Waals surface area contributed by atoms with Crippen LogP contribution in [-0.2, 0) is 9.59 Å². The lowest BCUT2D eigenvalue weighted by Crippen LogP contribution is -2.19. The molecule has 0 saturated carbocycles. The Hall–Kier alpha value is -1.49. The summed E-state index contributed by atoms with van der Waals surface area (Å²) in [6, 6.07) is 9.06. The fourth-order valence-electron chi connectivity index (χ4n) is 0.991. The Kier molecular flexibility index (Phi) is 4.85. The van der Waals surface area contributed by atoms with E-state index in [1.54, 1.807) is 19.1 Å². The van der Waals surface area contributed by atoms with Crippen LogP contribution in [0.15, 0.2) is 30.3 Å². The predicted molar refractivity (Wildman–Crippen MR) is 64.6 cm³/mol. The van der Waals surface area contributed by atoms with Crippen LogP contribution in [0.3, 0.4) is 0 Å². The number of thioether (sulfide) groups is 1. The molecular formula is C11H13NO3S. The SMILES string of the molecule is CC(SCC(=O)Nc1ccccc1)C(=O)O. The second-order valence-corrected chi connectivity index (χ2v) is 4.53. The molecule has 0 aromatic heterocycles. The Labute approximate surface area is 98.0 Å². The molecule has 5 heteroatoms. The Bertz CT molecular complexity index is 367. The van der Waals surface area contributed by atoms with E-state index in [1.165, 1.54) is 0 Å². The Morgan fingerprint density at radius 2 is 2.00 bits per heavy atom. The molecule has 1 aromatic rings. The first kappa shape index (κ1) is 12.6. The summed E-state index contributed by atoms with van der Waals surface area (Å²) in [4.78, 5) is 21.9. The molecule has 0 heterocycles. The highest BCUT2D eigenvalue weighted by Gasteiger charge is 2.13. The molecule has 16 heavy (non-hydrogen) atoms. The third kappa shape index (κ3) is 4.35. The van der Waals surface area contributed by atoms with Crippen LogP contribution in [0.2, 0.25) is 0 Å². The van der Waals surface area contributed by atoms with E-state index in [9.17, 15) is 9.59 Å². The maximum absolute atomic E-state index is 11.4. The fraction of sp³-hybridized carbons (Fsp3) is 0.273. The summed E-state index contributed by atoms with van der Waals surface area (Å²) >= 11 is 1.10. The number of benzene rings is 1. The molecule has 1 amide bonds. The highest BCUT2D eigenvalue weighted by Crippen LogP contribution is 2.11. The Morgan fingerprint density at radius 3 is 2.56 bits per heavy atom. The van der Waals surface area contributed by atoms with Crippen LogP contribution in [-0.4, -0.2) is 28.0 Å². The van der Waals surface area contributed by atoms with E-state index in [0.717, 1.165) is 17.4 Å². The minimum atomic E-state index is -0.905. The number of aliphatic carboxylic acids is 1. The van der Waals surface area contributed by atoms with Gasteiger partial charge in [-0.3, -0.25) is 9.59 Å². The van der Waals surface area contributed by atoms with Gasteiger partial charge in [0.1, 0.15) is 0 Å². The number of carboxylic acids is 1.